The maximum Gasteiger partial charge on any atom is 0.224 e. The fourth-order valence-electron chi connectivity index (χ4n) is 4.51. The number of aliphatic hydroxyl groups is 1. The van der Waals surface area contributed by atoms with E-state index in [0.717, 1.165) is 38.0 Å². The van der Waals surface area contributed by atoms with Gasteiger partial charge in [0, 0.05) is 25.2 Å². The summed E-state index contributed by atoms with van der Waals surface area (Å²) in [5.74, 6) is 0.351. The van der Waals surface area contributed by atoms with E-state index in [4.69, 9.17) is 0 Å². The Morgan fingerprint density at radius 3 is 2.57 bits per heavy atom. The molecule has 4 rings (SSSR count). The van der Waals surface area contributed by atoms with Gasteiger partial charge >= 0.3 is 0 Å². The lowest BCUT2D eigenvalue weighted by Gasteiger charge is -2.33. The third-order valence-corrected chi connectivity index (χ3v) is 6.13. The van der Waals surface area contributed by atoms with E-state index in [0.29, 0.717) is 6.42 Å². The number of benzene rings is 2. The highest BCUT2D eigenvalue weighted by atomic mass is 16.3. The number of nitrogens with one attached hydrogen (secondary N) is 1. The molecule has 28 heavy (non-hydrogen) atoms. The summed E-state index contributed by atoms with van der Waals surface area (Å²) in [7, 11) is 0. The van der Waals surface area contributed by atoms with Gasteiger partial charge in [0.15, 0.2) is 0 Å². The van der Waals surface area contributed by atoms with Gasteiger partial charge in [-0.1, -0.05) is 48.9 Å². The van der Waals surface area contributed by atoms with Crippen molar-refractivity contribution in [2.24, 2.45) is 0 Å². The summed E-state index contributed by atoms with van der Waals surface area (Å²) in [6.45, 7) is 1.99. The molecule has 148 valence electrons. The minimum atomic E-state index is -0.398. The van der Waals surface area contributed by atoms with E-state index in [1.165, 1.54) is 36.0 Å². The molecular formula is C24H30N2O2. The van der Waals surface area contributed by atoms with E-state index in [1.807, 2.05) is 12.1 Å². The van der Waals surface area contributed by atoms with Crippen LogP contribution in [-0.2, 0) is 17.6 Å². The number of hydrogen-bond acceptors (Lipinski definition) is 3. The summed E-state index contributed by atoms with van der Waals surface area (Å²) in [6, 6.07) is 16.9. The van der Waals surface area contributed by atoms with Crippen molar-refractivity contribution in [3.8, 4) is 0 Å². The van der Waals surface area contributed by atoms with Gasteiger partial charge in [-0.15, -0.1) is 0 Å². The van der Waals surface area contributed by atoms with E-state index in [-0.39, 0.29) is 11.8 Å². The first kappa shape index (κ1) is 19.2. The van der Waals surface area contributed by atoms with Crippen molar-refractivity contribution in [2.75, 3.05) is 18.4 Å². The summed E-state index contributed by atoms with van der Waals surface area (Å²) in [5.41, 5.74) is 4.71. The largest absolute Gasteiger partial charge is 0.378 e. The van der Waals surface area contributed by atoms with Crippen LogP contribution in [0.4, 0.5) is 5.69 Å². The van der Waals surface area contributed by atoms with Gasteiger partial charge in [-0.25, -0.2) is 0 Å². The lowest BCUT2D eigenvalue weighted by molar-refractivity contribution is -0.116. The van der Waals surface area contributed by atoms with Crippen LogP contribution in [0.15, 0.2) is 48.5 Å². The first-order chi connectivity index (χ1) is 13.7. The molecule has 2 aromatic rings. The van der Waals surface area contributed by atoms with Gasteiger partial charge in [-0.3, -0.25) is 9.69 Å². The fourth-order valence-corrected chi connectivity index (χ4v) is 4.51. The standard InChI is InChI=1S/C24H30N2O2/c27-23-12-10-20-16-19(9-11-22(20)25-23)21(15-18-7-3-1-4-8-18)17-24(28)26-13-5-2-6-14-26/h1,3-4,7-9,11,16,21,24,28H,2,5-6,10,12-15,17H2,(H,25,27)/t21-,24?/m1/s1. The molecule has 1 fully saturated rings. The molecule has 0 bridgehead atoms. The van der Waals surface area contributed by atoms with Gasteiger partial charge in [0.25, 0.3) is 0 Å². The van der Waals surface area contributed by atoms with Crippen molar-refractivity contribution in [3.05, 3.63) is 65.2 Å². The number of aryl methyl sites for hydroxylation is 1. The summed E-state index contributed by atoms with van der Waals surface area (Å²) < 4.78 is 0. The highest BCUT2D eigenvalue weighted by molar-refractivity contribution is 5.93. The molecule has 0 radical (unpaired) electrons. The molecule has 2 aliphatic heterocycles. The van der Waals surface area contributed by atoms with Crippen LogP contribution in [0.3, 0.4) is 0 Å². The molecule has 4 heteroatoms. The van der Waals surface area contributed by atoms with Crippen molar-refractivity contribution in [1.29, 1.82) is 0 Å². The normalized spacial score (nSPS) is 19.5. The molecule has 2 aliphatic rings. The average molecular weight is 379 g/mol. The number of rotatable bonds is 6. The molecule has 4 nitrogen and oxygen atoms in total. The molecule has 0 saturated carbocycles. The second-order valence-corrected chi connectivity index (χ2v) is 8.16. The predicted octanol–water partition coefficient (Wildman–Crippen LogP) is 4.09. The lowest BCUT2D eigenvalue weighted by Crippen LogP contribution is -2.40. The van der Waals surface area contributed by atoms with E-state index in [2.05, 4.69) is 46.6 Å². The molecule has 2 aromatic carbocycles. The first-order valence-electron chi connectivity index (χ1n) is 10.6. The van der Waals surface area contributed by atoms with Crippen molar-refractivity contribution in [1.82, 2.24) is 4.90 Å². The van der Waals surface area contributed by atoms with Crippen LogP contribution < -0.4 is 5.32 Å². The zero-order chi connectivity index (χ0) is 19.3. The van der Waals surface area contributed by atoms with Crippen LogP contribution in [0.2, 0.25) is 0 Å². The second-order valence-electron chi connectivity index (χ2n) is 8.16. The smallest absolute Gasteiger partial charge is 0.224 e. The Morgan fingerprint density at radius 2 is 1.79 bits per heavy atom. The zero-order valence-electron chi connectivity index (χ0n) is 16.4. The van der Waals surface area contributed by atoms with Crippen LogP contribution in [0.25, 0.3) is 0 Å². The number of carbonyl (C=O) groups excluding carboxylic acids is 1. The third-order valence-electron chi connectivity index (χ3n) is 6.13. The maximum atomic E-state index is 11.7. The average Bonchev–Trinajstić information content (AvgIpc) is 2.74. The summed E-state index contributed by atoms with van der Waals surface area (Å²) >= 11 is 0. The molecule has 2 heterocycles. The highest BCUT2D eigenvalue weighted by Gasteiger charge is 2.24. The summed E-state index contributed by atoms with van der Waals surface area (Å²) in [6.07, 6.45) is 6.23. The molecule has 1 saturated heterocycles. The van der Waals surface area contributed by atoms with E-state index < -0.39 is 6.23 Å². The van der Waals surface area contributed by atoms with Gasteiger partial charge in [0.2, 0.25) is 5.91 Å². The maximum absolute atomic E-state index is 11.7. The Labute approximate surface area is 167 Å². The minimum Gasteiger partial charge on any atom is -0.378 e. The first-order valence-corrected chi connectivity index (χ1v) is 10.6. The number of carbonyl (C=O) groups is 1. The van der Waals surface area contributed by atoms with Crippen LogP contribution in [0, 0.1) is 0 Å². The Kier molecular flexibility index (Phi) is 6.08. The van der Waals surface area contributed by atoms with Gasteiger partial charge in [0.1, 0.15) is 6.23 Å². The molecule has 1 amide bonds. The highest BCUT2D eigenvalue weighted by Crippen LogP contribution is 2.32. The van der Waals surface area contributed by atoms with Gasteiger partial charge in [0.05, 0.1) is 0 Å². The molecule has 1 unspecified atom stereocenters. The number of piperidine rings is 1. The lowest BCUT2D eigenvalue weighted by atomic mass is 9.86. The molecule has 0 aliphatic carbocycles. The van der Waals surface area contributed by atoms with Gasteiger partial charge in [-0.2, -0.15) is 0 Å². The Morgan fingerprint density at radius 1 is 1.00 bits per heavy atom. The SMILES string of the molecule is O=C1CCc2cc([C@H](Cc3ccccc3)CC(O)N3CCCCC3)ccc2N1. The number of fused-ring (bicyclic) bond motifs is 1. The molecule has 0 spiro atoms. The van der Waals surface area contributed by atoms with Gasteiger partial charge < -0.3 is 10.4 Å². The van der Waals surface area contributed by atoms with Gasteiger partial charge in [-0.05, 0) is 60.8 Å². The summed E-state index contributed by atoms with van der Waals surface area (Å²) in [5, 5.41) is 13.9. The number of amides is 1. The molecule has 2 N–H and O–H groups in total. The number of nitrogens with zero attached hydrogens (tertiary/aromatic N) is 1. The number of hydrogen-bond donors (Lipinski definition) is 2. The van der Waals surface area contributed by atoms with Crippen LogP contribution in [0.5, 0.6) is 0 Å². The second kappa shape index (κ2) is 8.89. The van der Waals surface area contributed by atoms with Crippen LogP contribution in [0.1, 0.15) is 54.7 Å². The van der Waals surface area contributed by atoms with Crippen molar-refractivity contribution >= 4 is 11.6 Å². The minimum absolute atomic E-state index is 0.0987. The zero-order valence-corrected chi connectivity index (χ0v) is 16.4. The van der Waals surface area contributed by atoms with Crippen LogP contribution in [-0.4, -0.2) is 35.2 Å². The monoisotopic (exact) mass is 378 g/mol. The number of likely N-dealkylation sites (tertiary alicyclic amines) is 1. The number of aliphatic hydroxyl groups excluding tert-OH is 1. The number of anilines is 1. The van der Waals surface area contributed by atoms with Crippen molar-refractivity contribution < 1.29 is 9.90 Å². The van der Waals surface area contributed by atoms with Crippen LogP contribution >= 0.6 is 0 Å². The third kappa shape index (κ3) is 4.62. The molecule has 0 aromatic heterocycles. The predicted molar refractivity (Wildman–Crippen MR) is 112 cm³/mol. The Hall–Kier alpha value is -2.17. The van der Waals surface area contributed by atoms with E-state index in [9.17, 15) is 9.90 Å². The molecule has 2 atom stereocenters. The topological polar surface area (TPSA) is 52.6 Å². The fraction of sp³-hybridized carbons (Fsp3) is 0.458. The van der Waals surface area contributed by atoms with Crippen molar-refractivity contribution in [3.63, 3.8) is 0 Å². The Balaban J connectivity index is 1.56. The van der Waals surface area contributed by atoms with E-state index >= 15 is 0 Å². The van der Waals surface area contributed by atoms with Crippen molar-refractivity contribution in [2.45, 2.75) is 57.1 Å². The summed E-state index contributed by atoms with van der Waals surface area (Å²) in [4.78, 5) is 13.9. The van der Waals surface area contributed by atoms with E-state index in [1.54, 1.807) is 0 Å². The Bertz CT molecular complexity index is 800. The quantitative estimate of drug-likeness (QED) is 0.796. The molecular weight excluding hydrogens is 348 g/mol.